The predicted octanol–water partition coefficient (Wildman–Crippen LogP) is 6.16. The van der Waals surface area contributed by atoms with E-state index in [9.17, 15) is 9.59 Å². The fourth-order valence-electron chi connectivity index (χ4n) is 4.66. The molecule has 4 nitrogen and oxygen atoms in total. The van der Waals surface area contributed by atoms with Crippen LogP contribution in [0.4, 0.5) is 0 Å². The number of hydrogen-bond acceptors (Lipinski definition) is 3. The lowest BCUT2D eigenvalue weighted by molar-refractivity contribution is 0.0208. The summed E-state index contributed by atoms with van der Waals surface area (Å²) in [7, 11) is -0.974. The van der Waals surface area contributed by atoms with Crippen LogP contribution in [0.15, 0.2) is 146 Å². The highest BCUT2D eigenvalue weighted by atomic mass is 31.1. The molecular weight excluding hydrogens is 513 g/mol. The van der Waals surface area contributed by atoms with Gasteiger partial charge in [0.15, 0.2) is 0 Å². The Morgan fingerprint density at radius 1 is 0.625 bits per heavy atom. The number of nitrogens with one attached hydrogen (secondary N) is 1. The third-order valence-electron chi connectivity index (χ3n) is 6.60. The van der Waals surface area contributed by atoms with Crippen molar-refractivity contribution >= 4 is 35.7 Å². The smallest absolute Gasteiger partial charge is 0.338 e. The molecule has 0 aliphatic heterocycles. The molecule has 5 rings (SSSR count). The lowest BCUT2D eigenvalue weighted by Gasteiger charge is -2.27. The van der Waals surface area contributed by atoms with Gasteiger partial charge in [0.25, 0.3) is 5.91 Å². The molecule has 0 radical (unpaired) electrons. The Labute approximate surface area is 236 Å². The summed E-state index contributed by atoms with van der Waals surface area (Å²) in [5.41, 5.74) is 1.88. The van der Waals surface area contributed by atoms with Gasteiger partial charge in [-0.25, -0.2) is 4.79 Å². The molecule has 0 spiro atoms. The second-order valence-electron chi connectivity index (χ2n) is 9.39. The van der Waals surface area contributed by atoms with Crippen molar-refractivity contribution in [2.45, 2.75) is 19.1 Å². The van der Waals surface area contributed by atoms with Crippen molar-refractivity contribution in [2.24, 2.45) is 0 Å². The number of ether oxygens (including phenoxy) is 1. The van der Waals surface area contributed by atoms with Crippen molar-refractivity contribution in [3.63, 3.8) is 0 Å². The second-order valence-corrected chi connectivity index (χ2v) is 11.6. The standard InChI is InChI=1S/C35H30NO3P/c1-26(33(27-16-6-2-7-17-27)39-35(38)28-18-8-3-9-19-28)36-34(37)31-24-14-15-25-32(31)40(29-20-10-4-11-21-29)30-22-12-5-13-23-30/h2-26,33H,1H3,(H,36,37)/t26-,33-/m1/s1. The van der Waals surface area contributed by atoms with Crippen LogP contribution in [0.5, 0.6) is 0 Å². The molecule has 0 aromatic heterocycles. The minimum atomic E-state index is -0.974. The van der Waals surface area contributed by atoms with Crippen molar-refractivity contribution in [2.75, 3.05) is 0 Å². The summed E-state index contributed by atoms with van der Waals surface area (Å²) < 4.78 is 5.99. The summed E-state index contributed by atoms with van der Waals surface area (Å²) in [5, 5.41) is 6.44. The largest absolute Gasteiger partial charge is 0.452 e. The molecule has 0 bridgehead atoms. The van der Waals surface area contributed by atoms with Crippen molar-refractivity contribution in [1.82, 2.24) is 5.32 Å². The summed E-state index contributed by atoms with van der Waals surface area (Å²) >= 11 is 0. The molecule has 0 saturated heterocycles. The van der Waals surface area contributed by atoms with Gasteiger partial charge in [0.1, 0.15) is 6.10 Å². The molecule has 40 heavy (non-hydrogen) atoms. The number of rotatable bonds is 9. The summed E-state index contributed by atoms with van der Waals surface area (Å²) in [6, 6.07) is 46.3. The third kappa shape index (κ3) is 6.36. The maximum atomic E-state index is 13.9. The highest BCUT2D eigenvalue weighted by Gasteiger charge is 2.28. The maximum absolute atomic E-state index is 13.9. The van der Waals surface area contributed by atoms with E-state index in [2.05, 4.69) is 29.6 Å². The van der Waals surface area contributed by atoms with Crippen LogP contribution in [0.3, 0.4) is 0 Å². The van der Waals surface area contributed by atoms with Gasteiger partial charge < -0.3 is 10.1 Å². The summed E-state index contributed by atoms with van der Waals surface area (Å²) in [4.78, 5) is 26.9. The number of benzene rings is 5. The number of esters is 1. The molecule has 1 N–H and O–H groups in total. The average molecular weight is 544 g/mol. The fourth-order valence-corrected chi connectivity index (χ4v) is 7.11. The quantitative estimate of drug-likeness (QED) is 0.179. The van der Waals surface area contributed by atoms with E-state index in [4.69, 9.17) is 4.74 Å². The van der Waals surface area contributed by atoms with Crippen molar-refractivity contribution in [3.8, 4) is 0 Å². The first-order valence-electron chi connectivity index (χ1n) is 13.2. The number of amides is 1. The summed E-state index contributed by atoms with van der Waals surface area (Å²) in [6.07, 6.45) is -0.672. The first kappa shape index (κ1) is 27.1. The Kier molecular flexibility index (Phi) is 8.80. The van der Waals surface area contributed by atoms with Crippen LogP contribution >= 0.6 is 7.92 Å². The number of hydrogen-bond donors (Lipinski definition) is 1. The van der Waals surface area contributed by atoms with E-state index in [1.165, 1.54) is 0 Å². The van der Waals surface area contributed by atoms with Gasteiger partial charge in [0.05, 0.1) is 11.6 Å². The molecular formula is C35H30NO3P. The van der Waals surface area contributed by atoms with Gasteiger partial charge in [0.2, 0.25) is 0 Å². The zero-order valence-electron chi connectivity index (χ0n) is 22.2. The van der Waals surface area contributed by atoms with E-state index in [-0.39, 0.29) is 5.91 Å². The molecule has 0 unspecified atom stereocenters. The van der Waals surface area contributed by atoms with Gasteiger partial charge in [-0.05, 0) is 54.5 Å². The van der Waals surface area contributed by atoms with E-state index in [1.54, 1.807) is 24.3 Å². The van der Waals surface area contributed by atoms with Crippen LogP contribution in [0, 0.1) is 0 Å². The Hall–Kier alpha value is -4.53. The topological polar surface area (TPSA) is 55.4 Å². The average Bonchev–Trinajstić information content (AvgIpc) is 3.02. The minimum Gasteiger partial charge on any atom is -0.452 e. The normalized spacial score (nSPS) is 12.3. The van der Waals surface area contributed by atoms with Crippen LogP contribution in [-0.2, 0) is 4.74 Å². The van der Waals surface area contributed by atoms with Crippen LogP contribution in [0.25, 0.3) is 0 Å². The van der Waals surface area contributed by atoms with Crippen molar-refractivity contribution < 1.29 is 14.3 Å². The van der Waals surface area contributed by atoms with Gasteiger partial charge >= 0.3 is 5.97 Å². The number of carbonyl (C=O) groups excluding carboxylic acids is 2. The van der Waals surface area contributed by atoms with Gasteiger partial charge in [-0.3, -0.25) is 4.79 Å². The molecule has 198 valence electrons. The van der Waals surface area contributed by atoms with Gasteiger partial charge in [0, 0.05) is 5.56 Å². The van der Waals surface area contributed by atoms with Gasteiger partial charge in [-0.2, -0.15) is 0 Å². The molecule has 0 saturated carbocycles. The molecule has 0 heterocycles. The lowest BCUT2D eigenvalue weighted by Crippen LogP contribution is -2.40. The molecule has 5 aromatic carbocycles. The molecule has 0 fully saturated rings. The molecule has 0 aliphatic rings. The Bertz CT molecular complexity index is 1500. The first-order valence-corrected chi connectivity index (χ1v) is 14.6. The van der Waals surface area contributed by atoms with E-state index >= 15 is 0 Å². The highest BCUT2D eigenvalue weighted by molar-refractivity contribution is 7.80. The van der Waals surface area contributed by atoms with E-state index in [0.29, 0.717) is 11.1 Å². The SMILES string of the molecule is C[C@@H](NC(=O)c1ccccc1P(c1ccccc1)c1ccccc1)[C@@H](OC(=O)c1ccccc1)c1ccccc1. The Morgan fingerprint density at radius 3 is 1.68 bits per heavy atom. The van der Waals surface area contributed by atoms with Crippen molar-refractivity contribution in [3.05, 3.63) is 162 Å². The van der Waals surface area contributed by atoms with Crippen LogP contribution in [0.2, 0.25) is 0 Å². The molecule has 2 atom stereocenters. The van der Waals surface area contributed by atoms with E-state index in [0.717, 1.165) is 21.5 Å². The summed E-state index contributed by atoms with van der Waals surface area (Å²) in [6.45, 7) is 1.87. The number of carbonyl (C=O) groups is 2. The van der Waals surface area contributed by atoms with Crippen LogP contribution in [0.1, 0.15) is 39.3 Å². The molecule has 5 heteroatoms. The van der Waals surface area contributed by atoms with Gasteiger partial charge in [-0.1, -0.05) is 127 Å². The third-order valence-corrected chi connectivity index (χ3v) is 9.10. The fraction of sp³-hybridized carbons (Fsp3) is 0.0857. The summed E-state index contributed by atoms with van der Waals surface area (Å²) in [5.74, 6) is -0.646. The first-order chi connectivity index (χ1) is 19.6. The molecule has 5 aromatic rings. The second kappa shape index (κ2) is 13.0. The predicted molar refractivity (Wildman–Crippen MR) is 163 cm³/mol. The van der Waals surface area contributed by atoms with Crippen LogP contribution in [-0.4, -0.2) is 17.9 Å². The van der Waals surface area contributed by atoms with Gasteiger partial charge in [-0.15, -0.1) is 0 Å². The lowest BCUT2D eigenvalue weighted by atomic mass is 10.0. The Morgan fingerprint density at radius 2 is 1.10 bits per heavy atom. The van der Waals surface area contributed by atoms with E-state index < -0.39 is 26.0 Å². The molecule has 1 amide bonds. The van der Waals surface area contributed by atoms with Crippen molar-refractivity contribution in [1.29, 1.82) is 0 Å². The maximum Gasteiger partial charge on any atom is 0.338 e. The zero-order chi connectivity index (χ0) is 27.7. The zero-order valence-corrected chi connectivity index (χ0v) is 23.1. The highest BCUT2D eigenvalue weighted by Crippen LogP contribution is 2.34. The molecule has 0 aliphatic carbocycles. The Balaban J connectivity index is 1.46. The minimum absolute atomic E-state index is 0.209. The van der Waals surface area contributed by atoms with E-state index in [1.807, 2.05) is 104 Å². The monoisotopic (exact) mass is 543 g/mol. The van der Waals surface area contributed by atoms with Crippen LogP contribution < -0.4 is 21.2 Å².